The molecule has 0 unspecified atom stereocenters. The molecular weight excluding hydrogens is 182 g/mol. The van der Waals surface area contributed by atoms with Crippen LogP contribution in [0.15, 0.2) is 18.5 Å². The number of methoxy groups -OCH3 is 2. The predicted molar refractivity (Wildman–Crippen MR) is 50.4 cm³/mol. The fraction of sp³-hybridized carbons (Fsp3) is 0.222. The molecule has 5 nitrogen and oxygen atoms in total. The summed E-state index contributed by atoms with van der Waals surface area (Å²) in [6, 6.07) is 2.07. The van der Waals surface area contributed by atoms with E-state index in [0.717, 1.165) is 5.39 Å². The highest BCUT2D eigenvalue weighted by molar-refractivity contribution is 5.80. The molecule has 0 aromatic carbocycles. The molecule has 2 aromatic rings. The number of hydrogen-bond acceptors (Lipinski definition) is 5. The fourth-order valence-corrected chi connectivity index (χ4v) is 1.17. The maximum atomic E-state index is 5.14. The van der Waals surface area contributed by atoms with Crippen molar-refractivity contribution in [1.29, 1.82) is 0 Å². The third-order valence-corrected chi connectivity index (χ3v) is 1.84. The summed E-state index contributed by atoms with van der Waals surface area (Å²) in [5.74, 6) is 0.706. The van der Waals surface area contributed by atoms with Crippen LogP contribution in [0.25, 0.3) is 11.0 Å². The largest absolute Gasteiger partial charge is 0.496 e. The number of aromatic nitrogens is 3. The molecule has 0 aliphatic heterocycles. The number of fused-ring (bicyclic) bond motifs is 1. The minimum absolute atomic E-state index is 0.304. The van der Waals surface area contributed by atoms with Crippen LogP contribution in [0, 0.1) is 0 Å². The van der Waals surface area contributed by atoms with Crippen molar-refractivity contribution in [3.63, 3.8) is 0 Å². The molecule has 72 valence electrons. The number of ether oxygens (including phenoxy) is 2. The molecule has 2 aromatic heterocycles. The standard InChI is InChI=1S/C9H9N3O2/c1-13-7-3-4-10-8-6(7)5-11-9(12-8)14-2/h3-5H,1-2H3. The van der Waals surface area contributed by atoms with Crippen LogP contribution in [-0.4, -0.2) is 29.2 Å². The van der Waals surface area contributed by atoms with Gasteiger partial charge in [0.05, 0.1) is 19.6 Å². The lowest BCUT2D eigenvalue weighted by Gasteiger charge is -2.03. The topological polar surface area (TPSA) is 57.1 Å². The first-order valence-electron chi connectivity index (χ1n) is 4.05. The van der Waals surface area contributed by atoms with Crippen molar-refractivity contribution in [2.24, 2.45) is 0 Å². The van der Waals surface area contributed by atoms with Gasteiger partial charge in [0, 0.05) is 12.4 Å². The van der Waals surface area contributed by atoms with Gasteiger partial charge in [0.1, 0.15) is 5.75 Å². The zero-order valence-corrected chi connectivity index (χ0v) is 7.89. The molecule has 0 saturated carbocycles. The molecule has 0 fully saturated rings. The zero-order valence-electron chi connectivity index (χ0n) is 7.89. The Balaban J connectivity index is 2.67. The monoisotopic (exact) mass is 191 g/mol. The van der Waals surface area contributed by atoms with E-state index in [-0.39, 0.29) is 0 Å². The number of rotatable bonds is 2. The molecule has 0 saturated heterocycles. The van der Waals surface area contributed by atoms with E-state index >= 15 is 0 Å². The third-order valence-electron chi connectivity index (χ3n) is 1.84. The summed E-state index contributed by atoms with van der Waals surface area (Å²) in [5, 5.41) is 0.774. The normalized spacial score (nSPS) is 10.1. The predicted octanol–water partition coefficient (Wildman–Crippen LogP) is 1.04. The number of nitrogens with zero attached hydrogens (tertiary/aromatic N) is 3. The second kappa shape index (κ2) is 3.45. The average Bonchev–Trinajstić information content (AvgIpc) is 2.27. The molecule has 0 N–H and O–H groups in total. The van der Waals surface area contributed by atoms with Crippen molar-refractivity contribution < 1.29 is 9.47 Å². The summed E-state index contributed by atoms with van der Waals surface area (Å²) in [6.45, 7) is 0. The van der Waals surface area contributed by atoms with Crippen molar-refractivity contribution >= 4 is 11.0 Å². The molecule has 0 amide bonds. The molecule has 5 heteroatoms. The smallest absolute Gasteiger partial charge is 0.318 e. The molecule has 14 heavy (non-hydrogen) atoms. The quantitative estimate of drug-likeness (QED) is 0.709. The maximum absolute atomic E-state index is 5.14. The van der Waals surface area contributed by atoms with Crippen molar-refractivity contribution in [3.8, 4) is 11.8 Å². The summed E-state index contributed by atoms with van der Waals surface area (Å²) in [6.07, 6.45) is 3.26. The van der Waals surface area contributed by atoms with Crippen LogP contribution in [0.4, 0.5) is 0 Å². The van der Waals surface area contributed by atoms with Crippen LogP contribution >= 0.6 is 0 Å². The molecule has 0 aliphatic carbocycles. The lowest BCUT2D eigenvalue weighted by Crippen LogP contribution is -1.94. The third kappa shape index (κ3) is 1.32. The summed E-state index contributed by atoms with van der Waals surface area (Å²) < 4.78 is 10.0. The minimum Gasteiger partial charge on any atom is -0.496 e. The first kappa shape index (κ1) is 8.68. The van der Waals surface area contributed by atoms with Gasteiger partial charge in [-0.1, -0.05) is 0 Å². The first-order valence-corrected chi connectivity index (χ1v) is 4.05. The molecular formula is C9H9N3O2. The van der Waals surface area contributed by atoms with E-state index < -0.39 is 0 Å². The van der Waals surface area contributed by atoms with Gasteiger partial charge in [-0.25, -0.2) is 9.97 Å². The lowest BCUT2D eigenvalue weighted by atomic mass is 10.3. The highest BCUT2D eigenvalue weighted by Gasteiger charge is 2.05. The molecule has 0 bridgehead atoms. The van der Waals surface area contributed by atoms with Crippen molar-refractivity contribution in [3.05, 3.63) is 18.5 Å². The Labute approximate surface area is 80.7 Å². The van der Waals surface area contributed by atoms with Gasteiger partial charge < -0.3 is 9.47 Å². The summed E-state index contributed by atoms with van der Waals surface area (Å²) in [7, 11) is 3.11. The SMILES string of the molecule is COc1ncc2c(OC)ccnc2n1. The molecule has 0 aliphatic rings. The van der Waals surface area contributed by atoms with Crippen molar-refractivity contribution in [1.82, 2.24) is 15.0 Å². The van der Waals surface area contributed by atoms with Crippen LogP contribution in [0.5, 0.6) is 11.8 Å². The minimum atomic E-state index is 0.304. The van der Waals surface area contributed by atoms with Gasteiger partial charge in [0.25, 0.3) is 0 Å². The summed E-state index contributed by atoms with van der Waals surface area (Å²) in [4.78, 5) is 12.1. The number of pyridine rings is 1. The Morgan fingerprint density at radius 3 is 2.71 bits per heavy atom. The molecule has 0 spiro atoms. The Bertz CT molecular complexity index is 459. The van der Waals surface area contributed by atoms with Gasteiger partial charge in [-0.05, 0) is 6.07 Å². The van der Waals surface area contributed by atoms with Gasteiger partial charge >= 0.3 is 6.01 Å². The second-order valence-corrected chi connectivity index (χ2v) is 2.61. The highest BCUT2D eigenvalue weighted by Crippen LogP contribution is 2.21. The molecule has 0 radical (unpaired) electrons. The van der Waals surface area contributed by atoms with Gasteiger partial charge in [-0.2, -0.15) is 4.98 Å². The van der Waals surface area contributed by atoms with Crippen molar-refractivity contribution in [2.75, 3.05) is 14.2 Å². The number of hydrogen-bond donors (Lipinski definition) is 0. The van der Waals surface area contributed by atoms with Gasteiger partial charge in [0.15, 0.2) is 5.65 Å². The Morgan fingerprint density at radius 1 is 1.14 bits per heavy atom. The second-order valence-electron chi connectivity index (χ2n) is 2.61. The van der Waals surface area contributed by atoms with E-state index in [1.54, 1.807) is 25.6 Å². The fourth-order valence-electron chi connectivity index (χ4n) is 1.17. The zero-order chi connectivity index (χ0) is 9.97. The van der Waals surface area contributed by atoms with E-state index in [4.69, 9.17) is 9.47 Å². The summed E-state index contributed by atoms with van der Waals surface area (Å²) >= 11 is 0. The van der Waals surface area contributed by atoms with E-state index in [2.05, 4.69) is 15.0 Å². The van der Waals surface area contributed by atoms with E-state index in [1.165, 1.54) is 7.11 Å². The molecule has 0 atom stereocenters. The van der Waals surface area contributed by atoms with Crippen LogP contribution in [-0.2, 0) is 0 Å². The highest BCUT2D eigenvalue weighted by atomic mass is 16.5. The average molecular weight is 191 g/mol. The molecule has 2 rings (SSSR count). The Hall–Kier alpha value is -1.91. The van der Waals surface area contributed by atoms with Crippen LogP contribution < -0.4 is 9.47 Å². The van der Waals surface area contributed by atoms with Crippen molar-refractivity contribution in [2.45, 2.75) is 0 Å². The van der Waals surface area contributed by atoms with E-state index in [1.807, 2.05) is 0 Å². The van der Waals surface area contributed by atoms with Gasteiger partial charge in [-0.3, -0.25) is 0 Å². The Kier molecular flexibility index (Phi) is 2.14. The molecule has 2 heterocycles. The van der Waals surface area contributed by atoms with Crippen LogP contribution in [0.3, 0.4) is 0 Å². The van der Waals surface area contributed by atoms with E-state index in [9.17, 15) is 0 Å². The van der Waals surface area contributed by atoms with Gasteiger partial charge in [-0.15, -0.1) is 0 Å². The maximum Gasteiger partial charge on any atom is 0.318 e. The van der Waals surface area contributed by atoms with Gasteiger partial charge in [0.2, 0.25) is 0 Å². The van der Waals surface area contributed by atoms with Crippen LogP contribution in [0.1, 0.15) is 0 Å². The Morgan fingerprint density at radius 2 is 2.00 bits per heavy atom. The lowest BCUT2D eigenvalue weighted by molar-refractivity contribution is 0.381. The first-order chi connectivity index (χ1) is 6.85. The van der Waals surface area contributed by atoms with E-state index in [0.29, 0.717) is 17.4 Å². The van der Waals surface area contributed by atoms with Crippen LogP contribution in [0.2, 0.25) is 0 Å². The summed E-state index contributed by atoms with van der Waals surface area (Å²) in [5.41, 5.74) is 0.566.